The number of anilines is 1. The van der Waals surface area contributed by atoms with Crippen LogP contribution in [0.4, 0.5) is 24.5 Å². The lowest BCUT2D eigenvalue weighted by atomic mass is 10.3. The van der Waals surface area contributed by atoms with E-state index in [4.69, 9.17) is 4.74 Å². The molecule has 128 valence electrons. The maximum absolute atomic E-state index is 13.6. The number of halogens is 3. The van der Waals surface area contributed by atoms with Gasteiger partial charge in [0.2, 0.25) is 0 Å². The van der Waals surface area contributed by atoms with Gasteiger partial charge in [0.25, 0.3) is 15.7 Å². The molecule has 0 amide bonds. The number of ether oxygens (including phenoxy) is 1. The summed E-state index contributed by atoms with van der Waals surface area (Å²) in [5.41, 5.74) is -1.25. The second-order valence-corrected chi connectivity index (χ2v) is 6.07. The monoisotopic (exact) mass is 362 g/mol. The molecule has 0 unspecified atom stereocenters. The molecule has 0 atom stereocenters. The molecular weight excluding hydrogens is 353 g/mol. The smallest absolute Gasteiger partial charge is 0.273 e. The van der Waals surface area contributed by atoms with E-state index in [2.05, 4.69) is 0 Å². The van der Waals surface area contributed by atoms with Crippen molar-refractivity contribution >= 4 is 21.4 Å². The minimum atomic E-state index is -4.48. The van der Waals surface area contributed by atoms with Crippen molar-refractivity contribution < 1.29 is 31.2 Å². The highest BCUT2D eigenvalue weighted by Gasteiger charge is 2.24. The summed E-state index contributed by atoms with van der Waals surface area (Å²) < 4.78 is 70.7. The van der Waals surface area contributed by atoms with Gasteiger partial charge in [-0.25, -0.2) is 21.6 Å². The maximum Gasteiger partial charge on any atom is 0.273 e. The van der Waals surface area contributed by atoms with Crippen LogP contribution >= 0.6 is 0 Å². The molecule has 0 saturated carbocycles. The lowest BCUT2D eigenvalue weighted by Gasteiger charge is -2.12. The molecule has 0 fully saturated rings. The van der Waals surface area contributed by atoms with Gasteiger partial charge in [0.1, 0.15) is 10.6 Å². The summed E-state index contributed by atoms with van der Waals surface area (Å²) in [6.45, 7) is 0. The Morgan fingerprint density at radius 3 is 2.38 bits per heavy atom. The van der Waals surface area contributed by atoms with E-state index in [0.717, 1.165) is 25.3 Å². The number of nitro groups is 1. The van der Waals surface area contributed by atoms with Crippen LogP contribution in [0.1, 0.15) is 0 Å². The molecule has 0 radical (unpaired) electrons. The van der Waals surface area contributed by atoms with Crippen molar-refractivity contribution in [2.75, 3.05) is 11.8 Å². The molecule has 7 nitrogen and oxygen atoms in total. The third-order valence-corrected chi connectivity index (χ3v) is 4.33. The van der Waals surface area contributed by atoms with E-state index in [1.165, 1.54) is 0 Å². The average Bonchev–Trinajstić information content (AvgIpc) is 2.54. The van der Waals surface area contributed by atoms with Gasteiger partial charge in [0, 0.05) is 6.07 Å². The van der Waals surface area contributed by atoms with Crippen LogP contribution in [0.25, 0.3) is 0 Å². The van der Waals surface area contributed by atoms with Crippen molar-refractivity contribution in [3.8, 4) is 5.75 Å². The van der Waals surface area contributed by atoms with E-state index in [0.29, 0.717) is 12.1 Å². The van der Waals surface area contributed by atoms with Crippen molar-refractivity contribution in [3.05, 3.63) is 57.9 Å². The lowest BCUT2D eigenvalue weighted by Crippen LogP contribution is -2.16. The van der Waals surface area contributed by atoms with Crippen molar-refractivity contribution in [2.45, 2.75) is 4.90 Å². The predicted octanol–water partition coefficient (Wildman–Crippen LogP) is 2.82. The van der Waals surface area contributed by atoms with Gasteiger partial charge >= 0.3 is 0 Å². The minimum absolute atomic E-state index is 0.375. The number of hydrogen-bond donors (Lipinski definition) is 1. The minimum Gasteiger partial charge on any atom is -0.495 e. The summed E-state index contributed by atoms with van der Waals surface area (Å²) in [6, 6.07) is 3.87. The predicted molar refractivity (Wildman–Crippen MR) is 76.8 cm³/mol. The number of non-ortho nitro benzene ring substituents is 1. The second kappa shape index (κ2) is 6.35. The van der Waals surface area contributed by atoms with E-state index in [-0.39, 0.29) is 5.75 Å². The van der Waals surface area contributed by atoms with Gasteiger partial charge in [0.05, 0.1) is 23.8 Å². The zero-order valence-electron chi connectivity index (χ0n) is 11.9. The summed E-state index contributed by atoms with van der Waals surface area (Å²) >= 11 is 0. The fourth-order valence-corrected chi connectivity index (χ4v) is 3.01. The summed E-state index contributed by atoms with van der Waals surface area (Å²) in [5, 5.41) is 10.7. The first kappa shape index (κ1) is 17.5. The molecule has 0 aromatic heterocycles. The molecule has 24 heavy (non-hydrogen) atoms. The first-order valence-electron chi connectivity index (χ1n) is 6.16. The Hall–Kier alpha value is -2.82. The summed E-state index contributed by atoms with van der Waals surface area (Å²) in [6.07, 6.45) is 0. The zero-order valence-corrected chi connectivity index (χ0v) is 12.7. The second-order valence-electron chi connectivity index (χ2n) is 4.42. The average molecular weight is 362 g/mol. The number of benzene rings is 2. The molecule has 2 aromatic rings. The van der Waals surface area contributed by atoms with Crippen LogP contribution < -0.4 is 9.46 Å². The van der Waals surface area contributed by atoms with Crippen LogP contribution in [0.5, 0.6) is 5.75 Å². The number of nitrogens with zero attached hydrogens (tertiary/aromatic N) is 1. The van der Waals surface area contributed by atoms with E-state index in [1.54, 1.807) is 4.72 Å². The first-order valence-corrected chi connectivity index (χ1v) is 7.64. The van der Waals surface area contributed by atoms with Crippen molar-refractivity contribution in [1.29, 1.82) is 0 Å². The number of rotatable bonds is 5. The van der Waals surface area contributed by atoms with Gasteiger partial charge in [-0.05, 0) is 18.2 Å². The highest BCUT2D eigenvalue weighted by atomic mass is 32.2. The molecule has 0 heterocycles. The van der Waals surface area contributed by atoms with Crippen LogP contribution in [-0.4, -0.2) is 20.5 Å². The van der Waals surface area contributed by atoms with Crippen LogP contribution in [-0.2, 0) is 10.0 Å². The first-order chi connectivity index (χ1) is 11.2. The third-order valence-electron chi connectivity index (χ3n) is 2.93. The molecule has 0 spiro atoms. The molecule has 0 saturated heterocycles. The molecule has 0 aliphatic carbocycles. The maximum atomic E-state index is 13.6. The normalized spacial score (nSPS) is 11.2. The quantitative estimate of drug-likeness (QED) is 0.501. The van der Waals surface area contributed by atoms with Crippen molar-refractivity contribution in [3.63, 3.8) is 0 Å². The van der Waals surface area contributed by atoms with Gasteiger partial charge < -0.3 is 4.74 Å². The van der Waals surface area contributed by atoms with Gasteiger partial charge in [-0.2, -0.15) is 0 Å². The molecule has 11 heteroatoms. The summed E-state index contributed by atoms with van der Waals surface area (Å²) in [7, 11) is -3.40. The highest BCUT2D eigenvalue weighted by Crippen LogP contribution is 2.30. The number of sulfonamides is 1. The van der Waals surface area contributed by atoms with Gasteiger partial charge in [-0.15, -0.1) is 0 Å². The molecule has 2 rings (SSSR count). The number of methoxy groups -OCH3 is 1. The van der Waals surface area contributed by atoms with Crippen LogP contribution in [0.15, 0.2) is 35.2 Å². The Kier molecular flexibility index (Phi) is 4.64. The molecule has 2 aromatic carbocycles. The number of nitrogens with one attached hydrogen (secondary N) is 1. The summed E-state index contributed by atoms with van der Waals surface area (Å²) in [5.74, 6) is -5.42. The molecule has 1 N–H and O–H groups in total. The fourth-order valence-electron chi connectivity index (χ4n) is 1.80. The van der Waals surface area contributed by atoms with Gasteiger partial charge in [0.15, 0.2) is 17.5 Å². The van der Waals surface area contributed by atoms with Gasteiger partial charge in [-0.3, -0.25) is 14.8 Å². The molecular formula is C13H9F3N2O5S. The topological polar surface area (TPSA) is 98.5 Å². The van der Waals surface area contributed by atoms with E-state index < -0.39 is 48.7 Å². The lowest BCUT2D eigenvalue weighted by molar-refractivity contribution is -0.385. The summed E-state index contributed by atoms with van der Waals surface area (Å²) in [4.78, 5) is 9.39. The Balaban J connectivity index is 2.48. The highest BCUT2D eigenvalue weighted by molar-refractivity contribution is 7.92. The van der Waals surface area contributed by atoms with E-state index in [9.17, 15) is 31.7 Å². The third kappa shape index (κ3) is 3.25. The van der Waals surface area contributed by atoms with Crippen molar-refractivity contribution in [2.24, 2.45) is 0 Å². The largest absolute Gasteiger partial charge is 0.495 e. The Bertz CT molecular complexity index is 918. The zero-order chi connectivity index (χ0) is 18.1. The molecule has 0 bridgehead atoms. The molecule has 0 aliphatic heterocycles. The Labute approximate surface area is 133 Å². The van der Waals surface area contributed by atoms with Crippen molar-refractivity contribution in [1.82, 2.24) is 0 Å². The Morgan fingerprint density at radius 1 is 1.12 bits per heavy atom. The SMILES string of the molecule is COc1cc([N+](=O)[O-])ccc1S(=O)(=O)Nc1ccc(F)c(F)c1F. The molecule has 0 aliphatic rings. The fraction of sp³-hybridized carbons (Fsp3) is 0.0769. The Morgan fingerprint density at radius 2 is 1.79 bits per heavy atom. The van der Waals surface area contributed by atoms with Crippen LogP contribution in [0, 0.1) is 27.6 Å². The standard InChI is InChI=1S/C13H9F3N2O5S/c1-23-10-6-7(18(19)20)2-5-11(10)24(21,22)17-9-4-3-8(14)12(15)13(9)16/h2-6,17H,1H3. The van der Waals surface area contributed by atoms with E-state index in [1.807, 2.05) is 0 Å². The van der Waals surface area contributed by atoms with Crippen LogP contribution in [0.2, 0.25) is 0 Å². The number of nitro benzene ring substituents is 1. The van der Waals surface area contributed by atoms with Gasteiger partial charge in [-0.1, -0.05) is 0 Å². The van der Waals surface area contributed by atoms with Crippen LogP contribution in [0.3, 0.4) is 0 Å². The van der Waals surface area contributed by atoms with E-state index >= 15 is 0 Å². The number of hydrogen-bond acceptors (Lipinski definition) is 5.